The van der Waals surface area contributed by atoms with E-state index >= 15 is 0 Å². The lowest BCUT2D eigenvalue weighted by molar-refractivity contribution is -0.120. The third-order valence-corrected chi connectivity index (χ3v) is 3.12. The summed E-state index contributed by atoms with van der Waals surface area (Å²) in [5.41, 5.74) is 0. The van der Waals surface area contributed by atoms with Gasteiger partial charge in [-0.1, -0.05) is 19.6 Å². The average molecular weight is 189 g/mol. The van der Waals surface area contributed by atoms with Crippen LogP contribution in [0.5, 0.6) is 0 Å². The Morgan fingerprint density at radius 3 is 2.42 bits per heavy atom. The van der Waals surface area contributed by atoms with Crippen LogP contribution in [0.15, 0.2) is 0 Å². The van der Waals surface area contributed by atoms with Gasteiger partial charge in [-0.25, -0.2) is 0 Å². The summed E-state index contributed by atoms with van der Waals surface area (Å²) in [6.07, 6.45) is 0. The number of rotatable bonds is 5. The molecule has 4 heteroatoms. The highest BCUT2D eigenvalue weighted by molar-refractivity contribution is 6.76. The Morgan fingerprint density at radius 2 is 2.00 bits per heavy atom. The van der Waals surface area contributed by atoms with Crippen LogP contribution in [-0.2, 0) is 9.53 Å². The zero-order valence-corrected chi connectivity index (χ0v) is 9.44. The minimum absolute atomic E-state index is 0.0389. The van der Waals surface area contributed by atoms with Crippen LogP contribution < -0.4 is 5.32 Å². The van der Waals surface area contributed by atoms with E-state index in [1.807, 2.05) is 0 Å². The molecule has 0 aliphatic carbocycles. The molecule has 0 fully saturated rings. The van der Waals surface area contributed by atoms with Crippen molar-refractivity contribution >= 4 is 14.0 Å². The molecule has 0 atom stereocenters. The second-order valence-electron chi connectivity index (χ2n) is 4.10. The highest BCUT2D eigenvalue weighted by atomic mass is 28.3. The van der Waals surface area contributed by atoms with E-state index < -0.39 is 8.07 Å². The molecule has 0 spiro atoms. The van der Waals surface area contributed by atoms with Crippen molar-refractivity contribution < 1.29 is 9.53 Å². The van der Waals surface area contributed by atoms with E-state index in [9.17, 15) is 4.79 Å². The van der Waals surface area contributed by atoms with Crippen LogP contribution in [0, 0.1) is 0 Å². The molecule has 12 heavy (non-hydrogen) atoms. The van der Waals surface area contributed by atoms with Crippen LogP contribution in [0.25, 0.3) is 0 Å². The molecule has 1 amide bonds. The van der Waals surface area contributed by atoms with Crippen LogP contribution in [0.4, 0.5) is 0 Å². The first kappa shape index (κ1) is 11.6. The maximum absolute atomic E-state index is 10.4. The molecule has 0 unspecified atom stereocenters. The van der Waals surface area contributed by atoms with Crippen molar-refractivity contribution in [2.24, 2.45) is 0 Å². The molecule has 3 nitrogen and oxygen atoms in total. The van der Waals surface area contributed by atoms with Gasteiger partial charge >= 0.3 is 0 Å². The molecule has 1 N–H and O–H groups in total. The van der Waals surface area contributed by atoms with Gasteiger partial charge in [-0.3, -0.25) is 4.79 Å². The molecule has 0 bridgehead atoms. The topological polar surface area (TPSA) is 38.3 Å². The molecule has 0 aromatic heterocycles. The molecule has 0 saturated carbocycles. The predicted octanol–water partition coefficient (Wildman–Crippen LogP) is 1.43. The van der Waals surface area contributed by atoms with Gasteiger partial charge in [0.15, 0.2) is 0 Å². The number of nitrogens with one attached hydrogen (secondary N) is 1. The van der Waals surface area contributed by atoms with Crippen LogP contribution in [-0.4, -0.2) is 27.3 Å². The summed E-state index contributed by atoms with van der Waals surface area (Å²) in [7, 11) is -0.972. The van der Waals surface area contributed by atoms with Crippen LogP contribution in [0.2, 0.25) is 25.7 Å². The molecule has 72 valence electrons. The van der Waals surface area contributed by atoms with E-state index in [0.29, 0.717) is 6.73 Å². The summed E-state index contributed by atoms with van der Waals surface area (Å²) in [6, 6.07) is 1.15. The largest absolute Gasteiger partial charge is 0.362 e. The fraction of sp³-hybridized carbons (Fsp3) is 0.875. The van der Waals surface area contributed by atoms with Gasteiger partial charge in [-0.2, -0.15) is 0 Å². The van der Waals surface area contributed by atoms with E-state index in [1.165, 1.54) is 6.92 Å². The predicted molar refractivity (Wildman–Crippen MR) is 52.8 cm³/mol. The summed E-state index contributed by atoms with van der Waals surface area (Å²) < 4.78 is 5.22. The van der Waals surface area contributed by atoms with Gasteiger partial charge in [0.2, 0.25) is 5.91 Å². The molecule has 0 radical (unpaired) electrons. The van der Waals surface area contributed by atoms with Crippen LogP contribution in [0.3, 0.4) is 0 Å². The fourth-order valence-electron chi connectivity index (χ4n) is 0.603. The molecule has 0 rings (SSSR count). The Kier molecular flexibility index (Phi) is 5.16. The van der Waals surface area contributed by atoms with Gasteiger partial charge in [0.05, 0.1) is 0 Å². The minimum Gasteiger partial charge on any atom is -0.362 e. The molecule has 0 aromatic carbocycles. The SMILES string of the molecule is CC(=O)NCOCC[Si](C)(C)C. The number of ether oxygens (including phenoxy) is 1. The van der Waals surface area contributed by atoms with Crippen molar-refractivity contribution in [3.63, 3.8) is 0 Å². The minimum atomic E-state index is -0.972. The van der Waals surface area contributed by atoms with Crippen molar-refractivity contribution in [2.45, 2.75) is 32.6 Å². The van der Waals surface area contributed by atoms with Gasteiger partial charge in [0.25, 0.3) is 0 Å². The monoisotopic (exact) mass is 189 g/mol. The van der Waals surface area contributed by atoms with E-state index in [1.54, 1.807) is 0 Å². The lowest BCUT2D eigenvalue weighted by atomic mass is 10.7. The maximum atomic E-state index is 10.4. The summed E-state index contributed by atoms with van der Waals surface area (Å²) in [6.45, 7) is 9.50. The van der Waals surface area contributed by atoms with Crippen molar-refractivity contribution in [1.29, 1.82) is 0 Å². The van der Waals surface area contributed by atoms with Crippen LogP contribution >= 0.6 is 0 Å². The van der Waals surface area contributed by atoms with Gasteiger partial charge in [-0.05, 0) is 6.04 Å². The van der Waals surface area contributed by atoms with Crippen molar-refractivity contribution in [3.8, 4) is 0 Å². The normalized spacial score (nSPS) is 11.3. The second-order valence-corrected chi connectivity index (χ2v) is 9.72. The van der Waals surface area contributed by atoms with E-state index in [2.05, 4.69) is 25.0 Å². The van der Waals surface area contributed by atoms with E-state index in [-0.39, 0.29) is 5.91 Å². The molecule has 0 aliphatic rings. The zero-order valence-electron chi connectivity index (χ0n) is 8.44. The summed E-state index contributed by atoms with van der Waals surface area (Å²) in [4.78, 5) is 10.4. The number of carbonyl (C=O) groups is 1. The number of carbonyl (C=O) groups excluding carboxylic acids is 1. The first-order valence-corrected chi connectivity index (χ1v) is 7.95. The van der Waals surface area contributed by atoms with Gasteiger partial charge in [0, 0.05) is 21.6 Å². The fourth-order valence-corrected chi connectivity index (χ4v) is 1.36. The quantitative estimate of drug-likeness (QED) is 0.404. The summed E-state index contributed by atoms with van der Waals surface area (Å²) in [5, 5.41) is 2.59. The number of hydrogen-bond acceptors (Lipinski definition) is 2. The lowest BCUT2D eigenvalue weighted by Gasteiger charge is -2.15. The van der Waals surface area contributed by atoms with Crippen LogP contribution in [0.1, 0.15) is 6.92 Å². The Bertz CT molecular complexity index is 142. The Balaban J connectivity index is 3.17. The maximum Gasteiger partial charge on any atom is 0.218 e. The lowest BCUT2D eigenvalue weighted by Crippen LogP contribution is -2.26. The zero-order chi connectivity index (χ0) is 9.61. The Hall–Kier alpha value is -0.353. The standard InChI is InChI=1S/C8H19NO2Si/c1-8(10)9-7-11-5-6-12(2,3)4/h5-7H2,1-4H3,(H,9,10). The average Bonchev–Trinajstić information content (AvgIpc) is 1.83. The smallest absolute Gasteiger partial charge is 0.218 e. The molecule has 0 saturated heterocycles. The number of amides is 1. The Labute approximate surface area is 75.5 Å². The third kappa shape index (κ3) is 9.65. The van der Waals surface area contributed by atoms with Crippen molar-refractivity contribution in [1.82, 2.24) is 5.32 Å². The molecule has 0 aliphatic heterocycles. The molecular weight excluding hydrogens is 170 g/mol. The summed E-state index contributed by atoms with van der Waals surface area (Å²) >= 11 is 0. The first-order valence-electron chi connectivity index (χ1n) is 4.24. The summed E-state index contributed by atoms with van der Waals surface area (Å²) in [5.74, 6) is -0.0389. The number of hydrogen-bond donors (Lipinski definition) is 1. The molecule has 0 heterocycles. The second kappa shape index (κ2) is 5.32. The Morgan fingerprint density at radius 1 is 1.42 bits per heavy atom. The highest BCUT2D eigenvalue weighted by Crippen LogP contribution is 2.06. The van der Waals surface area contributed by atoms with E-state index in [4.69, 9.17) is 4.74 Å². The van der Waals surface area contributed by atoms with Gasteiger partial charge < -0.3 is 10.1 Å². The highest BCUT2D eigenvalue weighted by Gasteiger charge is 2.11. The first-order chi connectivity index (χ1) is 5.42. The van der Waals surface area contributed by atoms with Gasteiger partial charge in [-0.15, -0.1) is 0 Å². The van der Waals surface area contributed by atoms with Crippen molar-refractivity contribution in [2.75, 3.05) is 13.3 Å². The molecule has 0 aromatic rings. The van der Waals surface area contributed by atoms with Gasteiger partial charge in [0.1, 0.15) is 6.73 Å². The molecular formula is C8H19NO2Si. The van der Waals surface area contributed by atoms with Crippen molar-refractivity contribution in [3.05, 3.63) is 0 Å². The third-order valence-electron chi connectivity index (χ3n) is 1.42. The van der Waals surface area contributed by atoms with E-state index in [0.717, 1.165) is 12.7 Å².